The number of aryl methyl sites for hydroxylation is 2. The molecular weight excluding hydrogens is 350 g/mol. The lowest BCUT2D eigenvalue weighted by Crippen LogP contribution is -2.33. The third-order valence-electron chi connectivity index (χ3n) is 5.84. The van der Waals surface area contributed by atoms with Crippen LogP contribution in [-0.4, -0.2) is 12.0 Å². The fraction of sp³-hybridized carbons (Fsp3) is 0.625. The minimum absolute atomic E-state index is 0.378. The summed E-state index contributed by atoms with van der Waals surface area (Å²) in [6.45, 7) is 2.24. The van der Waals surface area contributed by atoms with E-state index in [1.54, 1.807) is 0 Å². The van der Waals surface area contributed by atoms with Crippen molar-refractivity contribution in [3.63, 3.8) is 0 Å². The van der Waals surface area contributed by atoms with E-state index < -0.39 is 6.10 Å². The van der Waals surface area contributed by atoms with E-state index in [0.717, 1.165) is 42.4 Å². The van der Waals surface area contributed by atoms with Crippen LogP contribution in [0.5, 0.6) is 5.75 Å². The van der Waals surface area contributed by atoms with E-state index in [4.69, 9.17) is 14.9 Å². The molecule has 1 unspecified atom stereocenters. The summed E-state index contributed by atoms with van der Waals surface area (Å²) in [5, 5.41) is 1.13. The molecule has 0 saturated heterocycles. The third-order valence-corrected chi connectivity index (χ3v) is 5.84. The molecule has 1 amide bonds. The Balaban J connectivity index is 1.52. The van der Waals surface area contributed by atoms with Crippen LogP contribution in [0.15, 0.2) is 22.6 Å². The first-order valence-corrected chi connectivity index (χ1v) is 11.2. The Labute approximate surface area is 168 Å². The molecule has 4 heteroatoms. The van der Waals surface area contributed by atoms with Gasteiger partial charge in [-0.3, -0.25) is 4.79 Å². The molecule has 1 heterocycles. The minimum Gasteiger partial charge on any atom is -0.481 e. The molecule has 0 radical (unpaired) electrons. The molecule has 4 nitrogen and oxygen atoms in total. The van der Waals surface area contributed by atoms with E-state index in [-0.39, 0.29) is 5.91 Å². The zero-order valence-corrected chi connectivity index (χ0v) is 17.3. The van der Waals surface area contributed by atoms with Crippen molar-refractivity contribution in [3.05, 3.63) is 29.5 Å². The monoisotopic (exact) mass is 385 g/mol. The second kappa shape index (κ2) is 10.5. The summed E-state index contributed by atoms with van der Waals surface area (Å²) in [4.78, 5) is 11.9. The molecule has 1 aliphatic carbocycles. The van der Waals surface area contributed by atoms with E-state index in [1.807, 2.05) is 18.2 Å². The van der Waals surface area contributed by atoms with Crippen LogP contribution in [0.25, 0.3) is 11.0 Å². The highest BCUT2D eigenvalue weighted by atomic mass is 16.5. The molecule has 2 N–H and O–H groups in total. The van der Waals surface area contributed by atoms with Gasteiger partial charge in [0.05, 0.1) is 0 Å². The predicted octanol–water partition coefficient (Wildman–Crippen LogP) is 6.08. The number of fused-ring (bicyclic) bond motifs is 3. The average Bonchev–Trinajstić information content (AvgIpc) is 3.07. The van der Waals surface area contributed by atoms with Crippen LogP contribution in [0.4, 0.5) is 0 Å². The molecule has 1 atom stereocenters. The summed E-state index contributed by atoms with van der Waals surface area (Å²) >= 11 is 0. The zero-order chi connectivity index (χ0) is 19.8. The molecule has 2 aromatic rings. The maximum atomic E-state index is 11.9. The maximum Gasteiger partial charge on any atom is 0.258 e. The Morgan fingerprint density at radius 2 is 1.79 bits per heavy atom. The molecule has 0 bridgehead atoms. The number of primary amides is 1. The lowest BCUT2D eigenvalue weighted by Gasteiger charge is -2.16. The number of rotatable bonds is 12. The van der Waals surface area contributed by atoms with Crippen molar-refractivity contribution in [2.75, 3.05) is 0 Å². The first-order valence-electron chi connectivity index (χ1n) is 11.2. The maximum absolute atomic E-state index is 11.9. The van der Waals surface area contributed by atoms with Gasteiger partial charge < -0.3 is 14.9 Å². The van der Waals surface area contributed by atoms with E-state index in [1.165, 1.54) is 56.9 Å². The van der Waals surface area contributed by atoms with Gasteiger partial charge in [0.25, 0.3) is 5.91 Å². The van der Waals surface area contributed by atoms with E-state index in [2.05, 4.69) is 6.92 Å². The van der Waals surface area contributed by atoms with Gasteiger partial charge in [-0.05, 0) is 50.3 Å². The average molecular weight is 386 g/mol. The van der Waals surface area contributed by atoms with Gasteiger partial charge in [-0.25, -0.2) is 0 Å². The lowest BCUT2D eigenvalue weighted by atomic mass is 9.96. The van der Waals surface area contributed by atoms with Gasteiger partial charge in [0, 0.05) is 17.4 Å². The molecule has 154 valence electrons. The number of furan rings is 1. The summed E-state index contributed by atoms with van der Waals surface area (Å²) in [6.07, 6.45) is 14.5. The number of ether oxygens (including phenoxy) is 1. The van der Waals surface area contributed by atoms with E-state index in [9.17, 15) is 4.79 Å². The molecule has 28 heavy (non-hydrogen) atoms. The highest BCUT2D eigenvalue weighted by Crippen LogP contribution is 2.34. The highest BCUT2D eigenvalue weighted by molar-refractivity contribution is 5.84. The zero-order valence-electron chi connectivity index (χ0n) is 17.3. The van der Waals surface area contributed by atoms with Crippen molar-refractivity contribution >= 4 is 16.9 Å². The quantitative estimate of drug-likeness (QED) is 0.451. The SMILES string of the molecule is CCCCCCCCCCC(Oc1ccc2oc3c(c2c1)CCCC3)C(N)=O. The Kier molecular flexibility index (Phi) is 7.81. The van der Waals surface area contributed by atoms with Crippen molar-refractivity contribution in [1.82, 2.24) is 0 Å². The highest BCUT2D eigenvalue weighted by Gasteiger charge is 2.20. The molecule has 1 aromatic carbocycles. The Morgan fingerprint density at radius 3 is 2.54 bits per heavy atom. The van der Waals surface area contributed by atoms with E-state index >= 15 is 0 Å². The van der Waals surface area contributed by atoms with Gasteiger partial charge in [0.1, 0.15) is 17.1 Å². The molecule has 1 aromatic heterocycles. The largest absolute Gasteiger partial charge is 0.481 e. The number of unbranched alkanes of at least 4 members (excludes halogenated alkanes) is 7. The van der Waals surface area contributed by atoms with Crippen molar-refractivity contribution in [2.45, 2.75) is 96.5 Å². The number of hydrogen-bond donors (Lipinski definition) is 1. The molecule has 0 fully saturated rings. The van der Waals surface area contributed by atoms with Crippen LogP contribution < -0.4 is 10.5 Å². The van der Waals surface area contributed by atoms with Gasteiger partial charge in [-0.2, -0.15) is 0 Å². The first kappa shape index (κ1) is 20.8. The molecule has 1 aliphatic rings. The smallest absolute Gasteiger partial charge is 0.258 e. The topological polar surface area (TPSA) is 65.5 Å². The van der Waals surface area contributed by atoms with Crippen LogP contribution in [0, 0.1) is 0 Å². The normalized spacial score (nSPS) is 14.8. The number of hydrogen-bond acceptors (Lipinski definition) is 3. The Hall–Kier alpha value is -1.97. The van der Waals surface area contributed by atoms with Gasteiger partial charge in [0.15, 0.2) is 6.10 Å². The number of carbonyl (C=O) groups excluding carboxylic acids is 1. The third kappa shape index (κ3) is 5.52. The molecule has 3 rings (SSSR count). The second-order valence-corrected chi connectivity index (χ2v) is 8.14. The van der Waals surface area contributed by atoms with Crippen molar-refractivity contribution in [2.24, 2.45) is 5.73 Å². The Morgan fingerprint density at radius 1 is 1.07 bits per heavy atom. The number of carbonyl (C=O) groups is 1. The number of benzene rings is 1. The lowest BCUT2D eigenvalue weighted by molar-refractivity contribution is -0.125. The standard InChI is InChI=1S/C24H35NO3/c1-2-3-4-5-6-7-8-9-14-23(24(25)26)27-18-15-16-22-20(17-18)19-12-10-11-13-21(19)28-22/h15-17,23H,2-14H2,1H3,(H2,25,26). The molecule has 0 aliphatic heterocycles. The molecule has 0 spiro atoms. The number of amides is 1. The summed E-state index contributed by atoms with van der Waals surface area (Å²) in [7, 11) is 0. The van der Waals surface area contributed by atoms with Gasteiger partial charge in [-0.15, -0.1) is 0 Å². The number of nitrogens with two attached hydrogens (primary N) is 1. The predicted molar refractivity (Wildman–Crippen MR) is 114 cm³/mol. The summed E-state index contributed by atoms with van der Waals surface area (Å²) < 4.78 is 12.0. The first-order chi connectivity index (χ1) is 13.7. The second-order valence-electron chi connectivity index (χ2n) is 8.14. The molecular formula is C24H35NO3. The van der Waals surface area contributed by atoms with Crippen molar-refractivity contribution < 1.29 is 13.9 Å². The summed E-state index contributed by atoms with van der Waals surface area (Å²) in [5.41, 5.74) is 7.83. The van der Waals surface area contributed by atoms with E-state index in [0.29, 0.717) is 12.2 Å². The van der Waals surface area contributed by atoms with Crippen molar-refractivity contribution in [1.29, 1.82) is 0 Å². The van der Waals surface area contributed by atoms with Crippen LogP contribution in [0.3, 0.4) is 0 Å². The summed E-state index contributed by atoms with van der Waals surface area (Å²) in [6, 6.07) is 5.87. The Bertz CT molecular complexity index is 765. The van der Waals surface area contributed by atoms with Crippen molar-refractivity contribution in [3.8, 4) is 5.75 Å². The van der Waals surface area contributed by atoms with Gasteiger partial charge in [0.2, 0.25) is 0 Å². The fourth-order valence-corrected chi connectivity index (χ4v) is 4.20. The fourth-order valence-electron chi connectivity index (χ4n) is 4.20. The summed E-state index contributed by atoms with van der Waals surface area (Å²) in [5.74, 6) is 1.45. The van der Waals surface area contributed by atoms with Crippen LogP contribution in [0.1, 0.15) is 88.9 Å². The van der Waals surface area contributed by atoms with Crippen LogP contribution >= 0.6 is 0 Å². The van der Waals surface area contributed by atoms with Crippen LogP contribution in [0.2, 0.25) is 0 Å². The van der Waals surface area contributed by atoms with Gasteiger partial charge in [-0.1, -0.05) is 51.9 Å². The minimum atomic E-state index is -0.555. The van der Waals surface area contributed by atoms with Crippen LogP contribution in [-0.2, 0) is 17.6 Å². The molecule has 0 saturated carbocycles. The van der Waals surface area contributed by atoms with Gasteiger partial charge >= 0.3 is 0 Å².